The van der Waals surface area contributed by atoms with Crippen LogP contribution >= 0.6 is 0 Å². The molecule has 0 aliphatic carbocycles. The van der Waals surface area contributed by atoms with Crippen LogP contribution in [0.25, 0.3) is 0 Å². The third-order valence-corrected chi connectivity index (χ3v) is 4.81. The molecule has 2 amide bonds. The molecule has 8 heteroatoms. The SMILES string of the molecule is CC(=O)NC(C(=O)N1CCS(=O)(=O)CCO1)c1ccccc1. The van der Waals surface area contributed by atoms with Gasteiger partial charge in [0.05, 0.1) is 24.7 Å². The van der Waals surface area contributed by atoms with E-state index in [1.165, 1.54) is 6.92 Å². The van der Waals surface area contributed by atoms with E-state index in [0.29, 0.717) is 5.56 Å². The van der Waals surface area contributed by atoms with Gasteiger partial charge in [0.25, 0.3) is 5.91 Å². The highest BCUT2D eigenvalue weighted by atomic mass is 32.2. The van der Waals surface area contributed by atoms with Crippen LogP contribution in [0.2, 0.25) is 0 Å². The third-order valence-electron chi connectivity index (χ3n) is 3.22. The molecule has 1 unspecified atom stereocenters. The molecule has 7 nitrogen and oxygen atoms in total. The van der Waals surface area contributed by atoms with Crippen molar-refractivity contribution in [2.45, 2.75) is 13.0 Å². The first-order valence-electron chi connectivity index (χ1n) is 6.86. The molecule has 120 valence electrons. The van der Waals surface area contributed by atoms with Gasteiger partial charge in [0.1, 0.15) is 6.04 Å². The van der Waals surface area contributed by atoms with Crippen LogP contribution in [-0.4, -0.2) is 50.0 Å². The lowest BCUT2D eigenvalue weighted by Crippen LogP contribution is -2.43. The summed E-state index contributed by atoms with van der Waals surface area (Å²) >= 11 is 0. The molecule has 1 aliphatic rings. The van der Waals surface area contributed by atoms with Crippen LogP contribution in [0, 0.1) is 0 Å². The van der Waals surface area contributed by atoms with Gasteiger partial charge in [0.2, 0.25) is 5.91 Å². The van der Waals surface area contributed by atoms with Crippen molar-refractivity contribution in [3.8, 4) is 0 Å². The molecule has 0 aromatic heterocycles. The van der Waals surface area contributed by atoms with Crippen molar-refractivity contribution in [2.75, 3.05) is 24.7 Å². The quantitative estimate of drug-likeness (QED) is 0.847. The zero-order valence-corrected chi connectivity index (χ0v) is 13.0. The minimum Gasteiger partial charge on any atom is -0.341 e. The van der Waals surface area contributed by atoms with Gasteiger partial charge in [-0.15, -0.1) is 0 Å². The van der Waals surface area contributed by atoms with Crippen LogP contribution in [0.3, 0.4) is 0 Å². The van der Waals surface area contributed by atoms with Crippen LogP contribution in [-0.2, 0) is 24.3 Å². The molecular weight excluding hydrogens is 308 g/mol. The second kappa shape index (κ2) is 6.89. The molecule has 1 saturated heterocycles. The molecule has 1 N–H and O–H groups in total. The van der Waals surface area contributed by atoms with Crippen LogP contribution in [0.15, 0.2) is 30.3 Å². The predicted molar refractivity (Wildman–Crippen MR) is 79.3 cm³/mol. The minimum absolute atomic E-state index is 0.0515. The molecule has 0 spiro atoms. The lowest BCUT2D eigenvalue weighted by atomic mass is 10.1. The summed E-state index contributed by atoms with van der Waals surface area (Å²) in [6.45, 7) is 1.19. The highest BCUT2D eigenvalue weighted by molar-refractivity contribution is 7.91. The summed E-state index contributed by atoms with van der Waals surface area (Å²) in [5, 5.41) is 3.60. The Balaban J connectivity index is 2.20. The van der Waals surface area contributed by atoms with Crippen molar-refractivity contribution in [1.29, 1.82) is 0 Å². The van der Waals surface area contributed by atoms with E-state index in [4.69, 9.17) is 4.84 Å². The van der Waals surface area contributed by atoms with E-state index in [1.54, 1.807) is 30.3 Å². The second-order valence-corrected chi connectivity index (χ2v) is 7.27. The molecule has 0 saturated carbocycles. The number of nitrogens with one attached hydrogen (secondary N) is 1. The number of benzene rings is 1. The van der Waals surface area contributed by atoms with E-state index in [1.807, 2.05) is 0 Å². The van der Waals surface area contributed by atoms with Crippen molar-refractivity contribution in [2.24, 2.45) is 0 Å². The Labute approximate surface area is 129 Å². The molecular formula is C14H18N2O5S. The molecule has 1 heterocycles. The number of amides is 2. The number of carbonyl (C=O) groups excluding carboxylic acids is 2. The van der Waals surface area contributed by atoms with E-state index < -0.39 is 21.8 Å². The van der Waals surface area contributed by atoms with Crippen LogP contribution in [0.1, 0.15) is 18.5 Å². The van der Waals surface area contributed by atoms with E-state index >= 15 is 0 Å². The van der Waals surface area contributed by atoms with Gasteiger partial charge in [-0.1, -0.05) is 30.3 Å². The smallest absolute Gasteiger partial charge is 0.273 e. The molecule has 0 bridgehead atoms. The Morgan fingerprint density at radius 1 is 1.23 bits per heavy atom. The maximum atomic E-state index is 12.6. The molecule has 1 atom stereocenters. The first kappa shape index (κ1) is 16.4. The fourth-order valence-corrected chi connectivity index (χ4v) is 3.09. The van der Waals surface area contributed by atoms with E-state index in [2.05, 4.69) is 5.32 Å². The van der Waals surface area contributed by atoms with Crippen molar-refractivity contribution in [3.05, 3.63) is 35.9 Å². The van der Waals surface area contributed by atoms with Crippen LogP contribution in [0.4, 0.5) is 0 Å². The van der Waals surface area contributed by atoms with Gasteiger partial charge in [0, 0.05) is 6.92 Å². The lowest BCUT2D eigenvalue weighted by molar-refractivity contribution is -0.184. The third kappa shape index (κ3) is 4.28. The summed E-state index contributed by atoms with van der Waals surface area (Å²) in [6.07, 6.45) is 0. The van der Waals surface area contributed by atoms with E-state index in [9.17, 15) is 18.0 Å². The maximum absolute atomic E-state index is 12.6. The lowest BCUT2D eigenvalue weighted by Gasteiger charge is -2.25. The van der Waals surface area contributed by atoms with E-state index in [0.717, 1.165) is 5.06 Å². The number of hydrogen-bond donors (Lipinski definition) is 1. The average molecular weight is 326 g/mol. The minimum atomic E-state index is -3.21. The zero-order chi connectivity index (χ0) is 16.2. The molecule has 1 aromatic carbocycles. The van der Waals surface area contributed by atoms with Crippen LogP contribution in [0.5, 0.6) is 0 Å². The first-order valence-corrected chi connectivity index (χ1v) is 8.68. The summed E-state index contributed by atoms with van der Waals surface area (Å²) in [4.78, 5) is 29.2. The zero-order valence-electron chi connectivity index (χ0n) is 12.2. The number of hydroxylamine groups is 2. The topological polar surface area (TPSA) is 92.8 Å². The number of rotatable bonds is 3. The van der Waals surface area contributed by atoms with Crippen molar-refractivity contribution >= 4 is 21.7 Å². The molecule has 1 fully saturated rings. The number of nitrogens with zero attached hydrogens (tertiary/aromatic N) is 1. The van der Waals surface area contributed by atoms with Gasteiger partial charge in [-0.3, -0.25) is 14.4 Å². The highest BCUT2D eigenvalue weighted by Crippen LogP contribution is 2.17. The Hall–Kier alpha value is -1.93. The fourth-order valence-electron chi connectivity index (χ4n) is 2.12. The summed E-state index contributed by atoms with van der Waals surface area (Å²) in [5.41, 5.74) is 0.610. The fraction of sp³-hybridized carbons (Fsp3) is 0.429. The molecule has 1 aliphatic heterocycles. The maximum Gasteiger partial charge on any atom is 0.273 e. The number of carbonyl (C=O) groups is 2. The normalized spacial score (nSPS) is 19.0. The molecule has 0 radical (unpaired) electrons. The van der Waals surface area contributed by atoms with Crippen molar-refractivity contribution in [3.63, 3.8) is 0 Å². The van der Waals surface area contributed by atoms with Crippen LogP contribution < -0.4 is 5.32 Å². The van der Waals surface area contributed by atoms with Gasteiger partial charge in [-0.05, 0) is 5.56 Å². The summed E-state index contributed by atoms with van der Waals surface area (Å²) in [7, 11) is -3.21. The standard InChI is InChI=1S/C14H18N2O5S/c1-11(17)15-13(12-5-3-2-4-6-12)14(18)16-7-9-22(19,20)10-8-21-16/h2-6,13H,7-10H2,1H3,(H,15,17). The van der Waals surface area contributed by atoms with Gasteiger partial charge in [-0.2, -0.15) is 0 Å². The Kier molecular flexibility index (Phi) is 5.15. The average Bonchev–Trinajstić information content (AvgIpc) is 2.66. The molecule has 22 heavy (non-hydrogen) atoms. The van der Waals surface area contributed by atoms with Gasteiger partial charge >= 0.3 is 0 Å². The Morgan fingerprint density at radius 3 is 2.55 bits per heavy atom. The number of hydrogen-bond acceptors (Lipinski definition) is 5. The Morgan fingerprint density at radius 2 is 1.91 bits per heavy atom. The molecule has 1 aromatic rings. The summed E-state index contributed by atoms with van der Waals surface area (Å²) in [6, 6.07) is 7.84. The predicted octanol–water partition coefficient (Wildman–Crippen LogP) is 0.0524. The second-order valence-electron chi connectivity index (χ2n) is 4.97. The number of sulfone groups is 1. The van der Waals surface area contributed by atoms with Gasteiger partial charge < -0.3 is 5.32 Å². The summed E-state index contributed by atoms with van der Waals surface area (Å²) in [5.74, 6) is -1.11. The van der Waals surface area contributed by atoms with Gasteiger partial charge in [-0.25, -0.2) is 13.5 Å². The van der Waals surface area contributed by atoms with Gasteiger partial charge in [0.15, 0.2) is 9.84 Å². The first-order chi connectivity index (χ1) is 10.4. The Bertz CT molecular complexity index is 644. The summed E-state index contributed by atoms with van der Waals surface area (Å²) < 4.78 is 23.1. The van der Waals surface area contributed by atoms with Crippen molar-refractivity contribution in [1.82, 2.24) is 10.4 Å². The highest BCUT2D eigenvalue weighted by Gasteiger charge is 2.30. The monoisotopic (exact) mass is 326 g/mol. The van der Waals surface area contributed by atoms with Crippen molar-refractivity contribution < 1.29 is 22.8 Å². The molecule has 2 rings (SSSR count). The largest absolute Gasteiger partial charge is 0.341 e. The van der Waals surface area contributed by atoms with E-state index in [-0.39, 0.29) is 30.6 Å².